The minimum atomic E-state index is -1.81. The first-order valence-corrected chi connectivity index (χ1v) is 10.3. The molecule has 2 heterocycles. The van der Waals surface area contributed by atoms with Crippen LogP contribution in [-0.4, -0.2) is 12.5 Å². The molecule has 0 saturated heterocycles. The lowest BCUT2D eigenvalue weighted by Crippen LogP contribution is -2.52. The summed E-state index contributed by atoms with van der Waals surface area (Å²) in [7, 11) is -1.81. The number of hydrogen-bond donors (Lipinski definition) is 0. The van der Waals surface area contributed by atoms with E-state index in [1.54, 1.807) is 6.26 Å². The number of aromatic nitrogens is 1. The molecule has 0 unspecified atom stereocenters. The third-order valence-electron chi connectivity index (χ3n) is 4.78. The van der Waals surface area contributed by atoms with Crippen molar-refractivity contribution in [2.75, 3.05) is 0 Å². The Morgan fingerprint density at radius 3 is 2.00 bits per heavy atom. The maximum Gasteiger partial charge on any atom is 0.169 e. The van der Waals surface area contributed by atoms with Gasteiger partial charge in [-0.1, -0.05) is 53.1 Å². The van der Waals surface area contributed by atoms with Gasteiger partial charge >= 0.3 is 0 Å². The summed E-state index contributed by atoms with van der Waals surface area (Å²) in [5.74, 6) is 0.865. The van der Waals surface area contributed by atoms with Crippen molar-refractivity contribution < 1.29 is 4.42 Å². The molecule has 0 amide bonds. The molecule has 0 saturated carbocycles. The van der Waals surface area contributed by atoms with Crippen LogP contribution < -0.4 is 0 Å². The van der Waals surface area contributed by atoms with Crippen molar-refractivity contribution >= 4 is 19.8 Å². The minimum absolute atomic E-state index is 0.620. The molecular formula is C17H26ClNOSi. The van der Waals surface area contributed by atoms with Gasteiger partial charge in [-0.3, -0.25) is 0 Å². The first-order chi connectivity index (χ1) is 9.83. The molecule has 0 aliphatic rings. The first kappa shape index (κ1) is 16.4. The molecule has 0 atom stereocenters. The Bertz CT molecular complexity index is 562. The predicted octanol–water partition coefficient (Wildman–Crippen LogP) is 6.43. The molecule has 4 heteroatoms. The minimum Gasteiger partial charge on any atom is -0.463 e. The van der Waals surface area contributed by atoms with Crippen LogP contribution in [0.25, 0.3) is 11.5 Å². The summed E-state index contributed by atoms with van der Waals surface area (Å²) >= 11 is 6.50. The van der Waals surface area contributed by atoms with Crippen LogP contribution in [0, 0.1) is 0 Å². The Kier molecular flexibility index (Phi) is 4.74. The van der Waals surface area contributed by atoms with Crippen LogP contribution >= 0.6 is 11.6 Å². The monoisotopic (exact) mass is 323 g/mol. The molecule has 0 aliphatic heterocycles. The van der Waals surface area contributed by atoms with E-state index in [0.29, 0.717) is 16.6 Å². The third-order valence-corrected chi connectivity index (χ3v) is 11.8. The molecule has 0 bridgehead atoms. The summed E-state index contributed by atoms with van der Waals surface area (Å²) < 4.78 is 8.13. The van der Waals surface area contributed by atoms with Gasteiger partial charge in [-0.25, -0.2) is 0 Å². The molecule has 0 radical (unpaired) electrons. The topological polar surface area (TPSA) is 18.1 Å². The highest BCUT2D eigenvalue weighted by molar-refractivity contribution is 6.82. The summed E-state index contributed by atoms with van der Waals surface area (Å²) in [6.07, 6.45) is 3.89. The van der Waals surface area contributed by atoms with Crippen molar-refractivity contribution in [3.63, 3.8) is 0 Å². The van der Waals surface area contributed by atoms with Gasteiger partial charge in [0.25, 0.3) is 0 Å². The van der Waals surface area contributed by atoms with Gasteiger partial charge in [0.2, 0.25) is 0 Å². The van der Waals surface area contributed by atoms with Gasteiger partial charge in [-0.15, -0.1) is 0 Å². The Labute approximate surface area is 134 Å². The number of hydrogen-bond acceptors (Lipinski definition) is 1. The number of nitrogens with zero attached hydrogens (tertiary/aromatic N) is 1. The fourth-order valence-electron chi connectivity index (χ4n) is 4.22. The summed E-state index contributed by atoms with van der Waals surface area (Å²) in [5.41, 5.74) is 2.91. The van der Waals surface area contributed by atoms with Gasteiger partial charge < -0.3 is 8.65 Å². The van der Waals surface area contributed by atoms with Crippen LogP contribution in [0.15, 0.2) is 35.1 Å². The van der Waals surface area contributed by atoms with Crippen LogP contribution in [0.4, 0.5) is 0 Å². The number of rotatable bonds is 5. The normalized spacial score (nSPS) is 12.9. The van der Waals surface area contributed by atoms with Gasteiger partial charge in [-0.2, -0.15) is 0 Å². The molecule has 0 N–H and O–H groups in total. The van der Waals surface area contributed by atoms with Crippen LogP contribution in [0.1, 0.15) is 41.5 Å². The highest BCUT2D eigenvalue weighted by Crippen LogP contribution is 2.46. The van der Waals surface area contributed by atoms with Gasteiger partial charge in [0.1, 0.15) is 0 Å². The third kappa shape index (κ3) is 2.51. The molecule has 2 aromatic rings. The van der Waals surface area contributed by atoms with Crippen molar-refractivity contribution in [3.8, 4) is 11.5 Å². The molecule has 116 valence electrons. The van der Waals surface area contributed by atoms with Crippen molar-refractivity contribution in [2.24, 2.45) is 0 Å². The van der Waals surface area contributed by atoms with Crippen LogP contribution in [-0.2, 0) is 0 Å². The van der Waals surface area contributed by atoms with E-state index < -0.39 is 8.24 Å². The molecule has 21 heavy (non-hydrogen) atoms. The molecular weight excluding hydrogens is 298 g/mol. The molecule has 2 rings (SSSR count). The summed E-state index contributed by atoms with van der Waals surface area (Å²) in [5, 5.41) is 0.781. The maximum atomic E-state index is 6.50. The highest BCUT2D eigenvalue weighted by Gasteiger charge is 2.46. The number of halogens is 1. The lowest BCUT2D eigenvalue weighted by Gasteiger charge is -2.45. The quantitative estimate of drug-likeness (QED) is 0.580. The lowest BCUT2D eigenvalue weighted by atomic mass is 10.3. The van der Waals surface area contributed by atoms with Crippen LogP contribution in [0.3, 0.4) is 0 Å². The summed E-state index contributed by atoms with van der Waals surface area (Å²) in [4.78, 5) is 0. The Balaban J connectivity index is 2.73. The molecule has 0 spiro atoms. The van der Waals surface area contributed by atoms with Gasteiger partial charge in [0, 0.05) is 0 Å². The van der Waals surface area contributed by atoms with E-state index in [2.05, 4.69) is 52.0 Å². The number of furan rings is 1. The summed E-state index contributed by atoms with van der Waals surface area (Å²) in [6.45, 7) is 14.1. The van der Waals surface area contributed by atoms with E-state index in [-0.39, 0.29) is 0 Å². The lowest BCUT2D eigenvalue weighted by molar-refractivity contribution is 0.578. The van der Waals surface area contributed by atoms with E-state index in [4.69, 9.17) is 16.0 Å². The zero-order chi connectivity index (χ0) is 15.8. The van der Waals surface area contributed by atoms with Crippen molar-refractivity contribution in [3.05, 3.63) is 35.7 Å². The van der Waals surface area contributed by atoms with Gasteiger partial charge in [0.15, 0.2) is 14.0 Å². The van der Waals surface area contributed by atoms with E-state index in [1.165, 1.54) is 0 Å². The van der Waals surface area contributed by atoms with E-state index in [1.807, 2.05) is 18.2 Å². The Morgan fingerprint density at radius 2 is 1.57 bits per heavy atom. The molecule has 0 fully saturated rings. The molecule has 2 nitrogen and oxygen atoms in total. The fraction of sp³-hybridized carbons (Fsp3) is 0.529. The zero-order valence-electron chi connectivity index (χ0n) is 13.9. The van der Waals surface area contributed by atoms with Gasteiger partial charge in [-0.05, 0) is 41.0 Å². The Morgan fingerprint density at radius 1 is 1.00 bits per heavy atom. The molecule has 2 aromatic heterocycles. The Hall–Kier alpha value is -0.933. The average Bonchev–Trinajstić information content (AvgIpc) is 2.98. The first-order valence-electron chi connectivity index (χ1n) is 7.74. The molecule has 0 aromatic carbocycles. The van der Waals surface area contributed by atoms with Crippen molar-refractivity contribution in [1.82, 2.24) is 4.23 Å². The van der Waals surface area contributed by atoms with Crippen molar-refractivity contribution in [2.45, 2.75) is 58.2 Å². The average molecular weight is 324 g/mol. The van der Waals surface area contributed by atoms with Crippen molar-refractivity contribution in [1.29, 1.82) is 0 Å². The second-order valence-corrected chi connectivity index (χ2v) is 12.8. The van der Waals surface area contributed by atoms with Crippen LogP contribution in [0.2, 0.25) is 21.6 Å². The zero-order valence-corrected chi connectivity index (χ0v) is 15.6. The SMILES string of the molecule is CC(C)[Si](C(C)C)(C(C)C)n1ccc(Cl)c1-c1ccco1. The standard InChI is InChI=1S/C17H26ClNOSi/c1-12(2)21(13(3)4,14(5)6)19-10-9-15(18)17(19)16-8-7-11-20-16/h7-14H,1-6H3. The smallest absolute Gasteiger partial charge is 0.169 e. The second-order valence-electron chi connectivity index (χ2n) is 6.71. The largest absolute Gasteiger partial charge is 0.463 e. The van der Waals surface area contributed by atoms with E-state index in [9.17, 15) is 0 Å². The predicted molar refractivity (Wildman–Crippen MR) is 93.6 cm³/mol. The second kappa shape index (κ2) is 6.05. The fourth-order valence-corrected chi connectivity index (χ4v) is 11.1. The maximum absolute atomic E-state index is 6.50. The van der Waals surface area contributed by atoms with Crippen LogP contribution in [0.5, 0.6) is 0 Å². The van der Waals surface area contributed by atoms with E-state index >= 15 is 0 Å². The summed E-state index contributed by atoms with van der Waals surface area (Å²) in [6, 6.07) is 5.93. The van der Waals surface area contributed by atoms with Gasteiger partial charge in [0.05, 0.1) is 17.0 Å². The van der Waals surface area contributed by atoms with E-state index in [0.717, 1.165) is 16.5 Å². The highest BCUT2D eigenvalue weighted by atomic mass is 35.5. The molecule has 0 aliphatic carbocycles.